The summed E-state index contributed by atoms with van der Waals surface area (Å²) in [4.78, 5) is 23.5. The highest BCUT2D eigenvalue weighted by molar-refractivity contribution is 6.30. The molecule has 0 fully saturated rings. The molecule has 25 heavy (non-hydrogen) atoms. The van der Waals surface area contributed by atoms with Crippen LogP contribution in [0.1, 0.15) is 30.1 Å². The Bertz CT molecular complexity index is 733. The molecule has 0 saturated heterocycles. The van der Waals surface area contributed by atoms with E-state index in [1.54, 1.807) is 42.5 Å². The molecule has 0 aliphatic rings. The van der Waals surface area contributed by atoms with Crippen LogP contribution in [0.4, 0.5) is 0 Å². The number of rotatable bonds is 8. The molecule has 1 amide bonds. The maximum atomic E-state index is 12.0. The number of benzene rings is 2. The molecule has 2 aromatic carbocycles. The van der Waals surface area contributed by atoms with Crippen molar-refractivity contribution < 1.29 is 19.1 Å². The average Bonchev–Trinajstić information content (AvgIpc) is 2.58. The summed E-state index contributed by atoms with van der Waals surface area (Å²) in [6, 6.07) is 14.0. The lowest BCUT2D eigenvalue weighted by molar-refractivity contribution is -0.155. The van der Waals surface area contributed by atoms with E-state index in [0.29, 0.717) is 23.6 Å². The number of amides is 1. The molecule has 0 bridgehead atoms. The van der Waals surface area contributed by atoms with Gasteiger partial charge in [0.2, 0.25) is 6.10 Å². The van der Waals surface area contributed by atoms with Gasteiger partial charge in [-0.1, -0.05) is 41.9 Å². The summed E-state index contributed by atoms with van der Waals surface area (Å²) in [6.45, 7) is 2.25. The molecule has 2 aromatic rings. The molecule has 0 aliphatic heterocycles. The molecule has 6 heteroatoms. The fourth-order valence-electron chi connectivity index (χ4n) is 2.28. The summed E-state index contributed by atoms with van der Waals surface area (Å²) in [7, 11) is 0. The largest absolute Gasteiger partial charge is 0.493 e. The zero-order chi connectivity index (χ0) is 18.2. The third-order valence-electron chi connectivity index (χ3n) is 3.53. The molecule has 1 unspecified atom stereocenters. The predicted molar refractivity (Wildman–Crippen MR) is 95.4 cm³/mol. The molecular formula is C19H20ClNO4. The first-order valence-corrected chi connectivity index (χ1v) is 8.28. The van der Waals surface area contributed by atoms with Crippen molar-refractivity contribution in [2.75, 3.05) is 6.61 Å². The maximum Gasteiger partial charge on any atom is 0.307 e. The first-order valence-electron chi connectivity index (χ1n) is 7.90. The maximum absolute atomic E-state index is 12.0. The van der Waals surface area contributed by atoms with Gasteiger partial charge in [0, 0.05) is 17.0 Å². The van der Waals surface area contributed by atoms with E-state index in [4.69, 9.17) is 26.8 Å². The fourth-order valence-corrected chi connectivity index (χ4v) is 2.51. The number of halogens is 1. The Labute approximate surface area is 151 Å². The molecule has 0 radical (unpaired) electrons. The minimum atomic E-state index is -1.08. The lowest BCUT2D eigenvalue weighted by Crippen LogP contribution is -2.26. The van der Waals surface area contributed by atoms with E-state index in [1.165, 1.54) is 0 Å². The van der Waals surface area contributed by atoms with Gasteiger partial charge in [0.25, 0.3) is 5.91 Å². The van der Waals surface area contributed by atoms with Crippen molar-refractivity contribution in [2.45, 2.75) is 25.9 Å². The third kappa shape index (κ3) is 5.80. The van der Waals surface area contributed by atoms with E-state index in [9.17, 15) is 9.59 Å². The number of ether oxygens (including phenoxy) is 2. The van der Waals surface area contributed by atoms with Gasteiger partial charge >= 0.3 is 5.97 Å². The van der Waals surface area contributed by atoms with Crippen LogP contribution in [0.3, 0.4) is 0 Å². The zero-order valence-corrected chi connectivity index (χ0v) is 14.7. The Morgan fingerprint density at radius 3 is 2.52 bits per heavy atom. The third-order valence-corrected chi connectivity index (χ3v) is 3.76. The Balaban J connectivity index is 1.80. The number of aryl methyl sites for hydroxylation is 1. The van der Waals surface area contributed by atoms with Crippen LogP contribution in [0, 0.1) is 6.92 Å². The van der Waals surface area contributed by atoms with Crippen molar-refractivity contribution in [3.63, 3.8) is 0 Å². The minimum absolute atomic E-state index is 0.128. The van der Waals surface area contributed by atoms with Crippen molar-refractivity contribution in [1.82, 2.24) is 0 Å². The minimum Gasteiger partial charge on any atom is -0.493 e. The van der Waals surface area contributed by atoms with Crippen LogP contribution in [0.15, 0.2) is 48.5 Å². The molecule has 2 rings (SSSR count). The van der Waals surface area contributed by atoms with Crippen LogP contribution in [0.5, 0.6) is 5.75 Å². The summed E-state index contributed by atoms with van der Waals surface area (Å²) >= 11 is 5.89. The Morgan fingerprint density at radius 1 is 1.16 bits per heavy atom. The molecule has 0 aromatic heterocycles. The van der Waals surface area contributed by atoms with Gasteiger partial charge in [0.05, 0.1) is 6.61 Å². The van der Waals surface area contributed by atoms with Gasteiger partial charge in [-0.3, -0.25) is 9.59 Å². The van der Waals surface area contributed by atoms with Gasteiger partial charge < -0.3 is 15.2 Å². The molecule has 1 atom stereocenters. The number of hydrogen-bond acceptors (Lipinski definition) is 4. The summed E-state index contributed by atoms with van der Waals surface area (Å²) < 4.78 is 10.8. The first kappa shape index (κ1) is 18.8. The molecule has 132 valence electrons. The van der Waals surface area contributed by atoms with Crippen LogP contribution >= 0.6 is 11.6 Å². The van der Waals surface area contributed by atoms with Crippen LogP contribution in [-0.4, -0.2) is 18.5 Å². The molecule has 0 aliphatic carbocycles. The highest BCUT2D eigenvalue weighted by Gasteiger charge is 2.22. The van der Waals surface area contributed by atoms with Gasteiger partial charge in [0.15, 0.2) is 0 Å². The number of hydrogen-bond donors (Lipinski definition) is 1. The highest BCUT2D eigenvalue weighted by atomic mass is 35.5. The van der Waals surface area contributed by atoms with Crippen LogP contribution < -0.4 is 10.5 Å². The number of esters is 1. The zero-order valence-electron chi connectivity index (χ0n) is 13.9. The molecule has 0 saturated carbocycles. The van der Waals surface area contributed by atoms with Crippen LogP contribution in [-0.2, 0) is 14.3 Å². The van der Waals surface area contributed by atoms with E-state index < -0.39 is 18.0 Å². The molecular weight excluding hydrogens is 342 g/mol. The molecule has 0 spiro atoms. The smallest absolute Gasteiger partial charge is 0.307 e. The summed E-state index contributed by atoms with van der Waals surface area (Å²) in [6.07, 6.45) is -0.488. The van der Waals surface area contributed by atoms with Gasteiger partial charge in [-0.2, -0.15) is 0 Å². The second kappa shape index (κ2) is 9.08. The standard InChI is InChI=1S/C19H20ClNO4/c1-13-12-15(20)9-10-16(13)24-11-5-8-17(22)25-18(19(21)23)14-6-3-2-4-7-14/h2-4,6-7,9-10,12,18H,5,8,11H2,1H3,(H2,21,23). The number of nitrogens with two attached hydrogens (primary N) is 1. The van der Waals surface area contributed by atoms with Crippen molar-refractivity contribution in [3.05, 3.63) is 64.7 Å². The van der Waals surface area contributed by atoms with Gasteiger partial charge in [0.1, 0.15) is 5.75 Å². The molecule has 5 nitrogen and oxygen atoms in total. The average molecular weight is 362 g/mol. The van der Waals surface area contributed by atoms with Crippen LogP contribution in [0.2, 0.25) is 5.02 Å². The highest BCUT2D eigenvalue weighted by Crippen LogP contribution is 2.22. The monoisotopic (exact) mass is 361 g/mol. The van der Waals surface area contributed by atoms with Gasteiger partial charge in [-0.05, 0) is 37.1 Å². The lowest BCUT2D eigenvalue weighted by atomic mass is 10.1. The van der Waals surface area contributed by atoms with E-state index in [0.717, 1.165) is 11.3 Å². The number of primary amides is 1. The Kier molecular flexibility index (Phi) is 6.83. The number of carbonyl (C=O) groups excluding carboxylic acids is 2. The number of carbonyl (C=O) groups is 2. The Hall–Kier alpha value is -2.53. The SMILES string of the molecule is Cc1cc(Cl)ccc1OCCCC(=O)OC(C(N)=O)c1ccccc1. The van der Waals surface area contributed by atoms with Crippen molar-refractivity contribution in [2.24, 2.45) is 5.73 Å². The normalized spacial score (nSPS) is 11.6. The van der Waals surface area contributed by atoms with Crippen LogP contribution in [0.25, 0.3) is 0 Å². The lowest BCUT2D eigenvalue weighted by Gasteiger charge is -2.15. The first-order chi connectivity index (χ1) is 12.0. The Morgan fingerprint density at radius 2 is 1.88 bits per heavy atom. The predicted octanol–water partition coefficient (Wildman–Crippen LogP) is 3.58. The van der Waals surface area contributed by atoms with E-state index in [2.05, 4.69) is 0 Å². The second-order valence-electron chi connectivity index (χ2n) is 5.54. The topological polar surface area (TPSA) is 78.6 Å². The summed E-state index contributed by atoms with van der Waals surface area (Å²) in [5.74, 6) is -0.478. The van der Waals surface area contributed by atoms with E-state index >= 15 is 0 Å². The molecule has 0 heterocycles. The van der Waals surface area contributed by atoms with Crippen molar-refractivity contribution in [1.29, 1.82) is 0 Å². The summed E-state index contributed by atoms with van der Waals surface area (Å²) in [5, 5.41) is 0.645. The quantitative estimate of drug-likeness (QED) is 0.575. The molecule has 2 N–H and O–H groups in total. The van der Waals surface area contributed by atoms with Crippen molar-refractivity contribution >= 4 is 23.5 Å². The van der Waals surface area contributed by atoms with Gasteiger partial charge in [-0.25, -0.2) is 0 Å². The van der Waals surface area contributed by atoms with Crippen molar-refractivity contribution in [3.8, 4) is 5.75 Å². The van der Waals surface area contributed by atoms with E-state index in [1.807, 2.05) is 13.0 Å². The fraction of sp³-hybridized carbons (Fsp3) is 0.263. The second-order valence-corrected chi connectivity index (χ2v) is 5.98. The van der Waals surface area contributed by atoms with Gasteiger partial charge in [-0.15, -0.1) is 0 Å². The summed E-state index contributed by atoms with van der Waals surface area (Å²) in [5.41, 5.74) is 6.80. The van der Waals surface area contributed by atoms with E-state index in [-0.39, 0.29) is 6.42 Å².